The Morgan fingerprint density at radius 2 is 1.94 bits per heavy atom. The zero-order valence-electron chi connectivity index (χ0n) is 9.27. The summed E-state index contributed by atoms with van der Waals surface area (Å²) in [5.74, 6) is -0.589. The minimum atomic E-state index is -4.55. The zero-order valence-corrected chi connectivity index (χ0v) is 9.27. The highest BCUT2D eigenvalue weighted by atomic mass is 19.4. The number of hydrogen-bond acceptors (Lipinski definition) is 1. The molecule has 0 amide bonds. The summed E-state index contributed by atoms with van der Waals surface area (Å²) in [6, 6.07) is 4.83. The van der Waals surface area contributed by atoms with E-state index in [-0.39, 0.29) is 5.56 Å². The molecule has 17 heavy (non-hydrogen) atoms. The van der Waals surface area contributed by atoms with Gasteiger partial charge in [-0.3, -0.25) is 4.79 Å². The molecule has 0 aliphatic carbocycles. The molecule has 90 valence electrons. The van der Waals surface area contributed by atoms with Gasteiger partial charge in [-0.2, -0.15) is 13.2 Å². The standard InChI is InChI=1S/C12H10F3NO/c1-6-3-4-9-8(5-6)10(7(2)17)11(16-9)12(13,14)15/h3-5,16H,1-2H3. The van der Waals surface area contributed by atoms with Crippen LogP contribution in [0.15, 0.2) is 18.2 Å². The largest absolute Gasteiger partial charge is 0.431 e. The van der Waals surface area contributed by atoms with Crippen molar-refractivity contribution < 1.29 is 18.0 Å². The number of fused-ring (bicyclic) bond motifs is 1. The number of hydrogen-bond donors (Lipinski definition) is 1. The molecule has 0 fully saturated rings. The predicted molar refractivity (Wildman–Crippen MR) is 58.0 cm³/mol. The summed E-state index contributed by atoms with van der Waals surface area (Å²) in [6.07, 6.45) is -4.55. The molecule has 0 spiro atoms. The molecule has 0 unspecified atom stereocenters. The number of aryl methyl sites for hydroxylation is 1. The van der Waals surface area contributed by atoms with Gasteiger partial charge in [0.2, 0.25) is 0 Å². The number of Topliss-reactive ketones (excluding diaryl/α,β-unsaturated/α-hetero) is 1. The fraction of sp³-hybridized carbons (Fsp3) is 0.250. The van der Waals surface area contributed by atoms with E-state index < -0.39 is 17.7 Å². The second kappa shape index (κ2) is 3.61. The highest BCUT2D eigenvalue weighted by molar-refractivity contribution is 6.08. The molecule has 2 nitrogen and oxygen atoms in total. The van der Waals surface area contributed by atoms with Crippen molar-refractivity contribution in [3.8, 4) is 0 Å². The molecule has 2 aromatic rings. The zero-order chi connectivity index (χ0) is 12.8. The Hall–Kier alpha value is -1.78. The summed E-state index contributed by atoms with van der Waals surface area (Å²) in [5, 5.41) is 0.324. The third-order valence-electron chi connectivity index (χ3n) is 2.59. The SMILES string of the molecule is CC(=O)c1c(C(F)(F)F)[nH]c2ccc(C)cc12. The van der Waals surface area contributed by atoms with Crippen LogP contribution in [0.5, 0.6) is 0 Å². The lowest BCUT2D eigenvalue weighted by Crippen LogP contribution is -2.10. The number of carbonyl (C=O) groups is 1. The van der Waals surface area contributed by atoms with Crippen molar-refractivity contribution in [1.29, 1.82) is 0 Å². The van der Waals surface area contributed by atoms with Crippen LogP contribution in [0.2, 0.25) is 0 Å². The number of rotatable bonds is 1. The summed E-state index contributed by atoms with van der Waals surface area (Å²) >= 11 is 0. The summed E-state index contributed by atoms with van der Waals surface area (Å²) in [6.45, 7) is 2.91. The van der Waals surface area contributed by atoms with Gasteiger partial charge in [0.05, 0.1) is 5.56 Å². The second-order valence-corrected chi connectivity index (χ2v) is 3.98. The van der Waals surface area contributed by atoms with E-state index in [9.17, 15) is 18.0 Å². The van der Waals surface area contributed by atoms with E-state index in [2.05, 4.69) is 4.98 Å². The Balaban J connectivity index is 2.86. The van der Waals surface area contributed by atoms with Gasteiger partial charge in [0.1, 0.15) is 5.69 Å². The lowest BCUT2D eigenvalue weighted by molar-refractivity contribution is -0.140. The summed E-state index contributed by atoms with van der Waals surface area (Å²) in [5.41, 5.74) is -0.109. The molecule has 0 bridgehead atoms. The Kier molecular flexibility index (Phi) is 2.49. The van der Waals surface area contributed by atoms with Crippen LogP contribution in [0.25, 0.3) is 10.9 Å². The normalized spacial score (nSPS) is 12.1. The number of carbonyl (C=O) groups excluding carboxylic acids is 1. The van der Waals surface area contributed by atoms with E-state index in [0.29, 0.717) is 10.9 Å². The average molecular weight is 241 g/mol. The highest BCUT2D eigenvalue weighted by Gasteiger charge is 2.37. The number of benzene rings is 1. The van der Waals surface area contributed by atoms with Gasteiger partial charge in [-0.1, -0.05) is 11.6 Å². The van der Waals surface area contributed by atoms with Gasteiger partial charge < -0.3 is 4.98 Å². The second-order valence-electron chi connectivity index (χ2n) is 3.98. The van der Waals surface area contributed by atoms with E-state index in [0.717, 1.165) is 12.5 Å². The number of halogens is 3. The molecule has 1 heterocycles. The van der Waals surface area contributed by atoms with Crippen molar-refractivity contribution in [2.24, 2.45) is 0 Å². The van der Waals surface area contributed by atoms with Gasteiger partial charge >= 0.3 is 6.18 Å². The van der Waals surface area contributed by atoms with E-state index in [1.807, 2.05) is 0 Å². The number of aromatic nitrogens is 1. The van der Waals surface area contributed by atoms with E-state index in [4.69, 9.17) is 0 Å². The van der Waals surface area contributed by atoms with Crippen LogP contribution in [0.4, 0.5) is 13.2 Å². The van der Waals surface area contributed by atoms with E-state index in [1.165, 1.54) is 0 Å². The molecular weight excluding hydrogens is 231 g/mol. The fourth-order valence-corrected chi connectivity index (χ4v) is 1.88. The first-order chi connectivity index (χ1) is 7.80. The van der Waals surface area contributed by atoms with Crippen LogP contribution in [0, 0.1) is 6.92 Å². The number of H-pyrrole nitrogens is 1. The first-order valence-corrected chi connectivity index (χ1v) is 5.01. The third-order valence-corrected chi connectivity index (χ3v) is 2.59. The van der Waals surface area contributed by atoms with Gasteiger partial charge in [-0.25, -0.2) is 0 Å². The molecule has 0 radical (unpaired) electrons. The molecule has 2 rings (SSSR count). The summed E-state index contributed by atoms with van der Waals surface area (Å²) < 4.78 is 38.3. The molecular formula is C12H10F3NO. The van der Waals surface area contributed by atoms with Crippen LogP contribution in [0.3, 0.4) is 0 Å². The molecule has 1 aromatic heterocycles. The number of nitrogens with one attached hydrogen (secondary N) is 1. The third kappa shape index (κ3) is 1.92. The maximum atomic E-state index is 12.8. The molecule has 1 aromatic carbocycles. The fourth-order valence-electron chi connectivity index (χ4n) is 1.88. The number of alkyl halides is 3. The van der Waals surface area contributed by atoms with Crippen molar-refractivity contribution in [2.75, 3.05) is 0 Å². The smallest absolute Gasteiger partial charge is 0.350 e. The van der Waals surface area contributed by atoms with Crippen molar-refractivity contribution in [2.45, 2.75) is 20.0 Å². The van der Waals surface area contributed by atoms with Crippen LogP contribution in [-0.2, 0) is 6.18 Å². The summed E-state index contributed by atoms with van der Waals surface area (Å²) in [7, 11) is 0. The maximum Gasteiger partial charge on any atom is 0.431 e. The molecule has 1 N–H and O–H groups in total. The van der Waals surface area contributed by atoms with Gasteiger partial charge in [-0.15, -0.1) is 0 Å². The Morgan fingerprint density at radius 1 is 1.29 bits per heavy atom. The van der Waals surface area contributed by atoms with Crippen LogP contribution in [-0.4, -0.2) is 10.8 Å². The molecule has 5 heteroatoms. The van der Waals surface area contributed by atoms with Crippen LogP contribution < -0.4 is 0 Å². The maximum absolute atomic E-state index is 12.8. The lowest BCUT2D eigenvalue weighted by Gasteiger charge is -2.05. The van der Waals surface area contributed by atoms with Crippen molar-refractivity contribution in [3.63, 3.8) is 0 Å². The van der Waals surface area contributed by atoms with E-state index in [1.54, 1.807) is 25.1 Å². The molecule has 0 saturated carbocycles. The predicted octanol–water partition coefficient (Wildman–Crippen LogP) is 3.70. The van der Waals surface area contributed by atoms with Crippen molar-refractivity contribution in [1.82, 2.24) is 4.98 Å². The van der Waals surface area contributed by atoms with Crippen LogP contribution >= 0.6 is 0 Å². The number of aromatic amines is 1. The number of ketones is 1. The minimum Gasteiger partial charge on any atom is -0.350 e. The Bertz CT molecular complexity index is 596. The highest BCUT2D eigenvalue weighted by Crippen LogP contribution is 2.35. The van der Waals surface area contributed by atoms with Crippen molar-refractivity contribution in [3.05, 3.63) is 35.0 Å². The van der Waals surface area contributed by atoms with Gasteiger partial charge in [0, 0.05) is 10.9 Å². The summed E-state index contributed by atoms with van der Waals surface area (Å²) in [4.78, 5) is 13.6. The molecule has 0 atom stereocenters. The Labute approximate surface area is 95.4 Å². The lowest BCUT2D eigenvalue weighted by atomic mass is 10.1. The van der Waals surface area contributed by atoms with Gasteiger partial charge in [0.15, 0.2) is 5.78 Å². The Morgan fingerprint density at radius 3 is 2.47 bits per heavy atom. The quantitative estimate of drug-likeness (QED) is 0.758. The van der Waals surface area contributed by atoms with Crippen molar-refractivity contribution >= 4 is 16.7 Å². The average Bonchev–Trinajstić information content (AvgIpc) is 2.55. The van der Waals surface area contributed by atoms with E-state index >= 15 is 0 Å². The monoisotopic (exact) mass is 241 g/mol. The topological polar surface area (TPSA) is 32.9 Å². The first-order valence-electron chi connectivity index (χ1n) is 5.01. The molecule has 0 saturated heterocycles. The minimum absolute atomic E-state index is 0.281. The van der Waals surface area contributed by atoms with Crippen LogP contribution in [0.1, 0.15) is 28.5 Å². The van der Waals surface area contributed by atoms with Gasteiger partial charge in [-0.05, 0) is 26.0 Å². The molecule has 0 aliphatic heterocycles. The first kappa shape index (κ1) is 11.7. The van der Waals surface area contributed by atoms with Gasteiger partial charge in [0.25, 0.3) is 0 Å². The molecule has 0 aliphatic rings.